The lowest BCUT2D eigenvalue weighted by Crippen LogP contribution is -2.61. The molecule has 1 atom stereocenters. The third-order valence-electron chi connectivity index (χ3n) is 8.27. The van der Waals surface area contributed by atoms with E-state index in [4.69, 9.17) is 28.4 Å². The number of ether oxygens (including phenoxy) is 6. The molecule has 2 aromatic carbocycles. The summed E-state index contributed by atoms with van der Waals surface area (Å²) >= 11 is 0. The summed E-state index contributed by atoms with van der Waals surface area (Å²) in [6.45, 7) is 9.33. The molecule has 0 saturated carbocycles. The predicted octanol–water partition coefficient (Wildman–Crippen LogP) is 3.42. The molecule has 12 nitrogen and oxygen atoms in total. The number of rotatable bonds is 3. The largest absolute Gasteiger partial charge is 0.463 e. The first-order valence-corrected chi connectivity index (χ1v) is 15.0. The van der Waals surface area contributed by atoms with Gasteiger partial charge in [0.1, 0.15) is 12.3 Å². The van der Waals surface area contributed by atoms with Crippen LogP contribution < -0.4 is 9.64 Å². The molecule has 3 aliphatic heterocycles. The molecule has 1 unspecified atom stereocenters. The molecule has 1 amide bonds. The monoisotopic (exact) mass is 611 g/mol. The quantitative estimate of drug-likeness (QED) is 0.377. The van der Waals surface area contributed by atoms with E-state index in [1.54, 1.807) is 11.0 Å². The van der Waals surface area contributed by atoms with E-state index >= 15 is 0 Å². The first kappa shape index (κ1) is 31.9. The second-order valence-electron chi connectivity index (χ2n) is 11.3. The molecule has 0 radical (unpaired) electrons. The van der Waals surface area contributed by atoms with Crippen LogP contribution in [0.15, 0.2) is 48.5 Å². The molecule has 1 fully saturated rings. The van der Waals surface area contributed by atoms with Crippen molar-refractivity contribution in [3.63, 3.8) is 0 Å². The van der Waals surface area contributed by atoms with Gasteiger partial charge >= 0.3 is 0 Å². The van der Waals surface area contributed by atoms with Crippen LogP contribution in [0.1, 0.15) is 25.0 Å². The molecular formula is C32H41N3O9. The highest BCUT2D eigenvalue weighted by Gasteiger charge is 2.59. The van der Waals surface area contributed by atoms with E-state index < -0.39 is 16.1 Å². The fraction of sp³-hybridized carbons (Fsp3) is 0.531. The molecule has 238 valence electrons. The Kier molecular flexibility index (Phi) is 10.5. The highest BCUT2D eigenvalue weighted by Crippen LogP contribution is 2.55. The van der Waals surface area contributed by atoms with Gasteiger partial charge in [0.15, 0.2) is 0 Å². The van der Waals surface area contributed by atoms with Crippen molar-refractivity contribution in [3.05, 3.63) is 69.8 Å². The number of carbonyl (C=O) groups is 1. The maximum atomic E-state index is 14.0. The molecule has 1 spiro atoms. The minimum absolute atomic E-state index is 0.00982. The standard InChI is InChI=1S/C32H41N3O9/c1-31(2)27-5-3-4-6-28(27)34(32(31)10-9-25-23-26(35(37)38)7-8-29(25)44-32)24-30(36)33-11-13-39-15-17-41-19-21-43-22-20-42-18-16-40-14-12-33/h3-10,23H,11-22,24H2,1-2H3. The fourth-order valence-corrected chi connectivity index (χ4v) is 5.84. The molecule has 2 aromatic rings. The minimum Gasteiger partial charge on any atom is -0.463 e. The van der Waals surface area contributed by atoms with Crippen LogP contribution in [0, 0.1) is 10.1 Å². The Labute approximate surface area is 257 Å². The van der Waals surface area contributed by atoms with Gasteiger partial charge in [0.05, 0.1) is 76.4 Å². The Bertz CT molecular complexity index is 1320. The lowest BCUT2D eigenvalue weighted by molar-refractivity contribution is -0.384. The van der Waals surface area contributed by atoms with Gasteiger partial charge in [-0.1, -0.05) is 18.2 Å². The van der Waals surface area contributed by atoms with E-state index in [-0.39, 0.29) is 18.1 Å². The molecule has 44 heavy (non-hydrogen) atoms. The highest BCUT2D eigenvalue weighted by atomic mass is 16.6. The zero-order valence-electron chi connectivity index (χ0n) is 25.4. The van der Waals surface area contributed by atoms with Crippen LogP contribution in [0.4, 0.5) is 11.4 Å². The van der Waals surface area contributed by atoms with E-state index in [0.29, 0.717) is 90.5 Å². The molecule has 1 saturated heterocycles. The zero-order valence-corrected chi connectivity index (χ0v) is 25.4. The lowest BCUT2D eigenvalue weighted by Gasteiger charge is -2.47. The Balaban J connectivity index is 1.35. The van der Waals surface area contributed by atoms with Gasteiger partial charge in [0.2, 0.25) is 11.6 Å². The average molecular weight is 612 g/mol. The Morgan fingerprint density at radius 1 is 0.841 bits per heavy atom. The molecule has 5 rings (SSSR count). The maximum absolute atomic E-state index is 14.0. The van der Waals surface area contributed by atoms with Gasteiger partial charge in [-0.05, 0) is 43.7 Å². The zero-order chi connectivity index (χ0) is 31.0. The molecule has 3 heterocycles. The van der Waals surface area contributed by atoms with Crippen LogP contribution in [0.5, 0.6) is 5.75 Å². The number of nitro groups is 1. The molecule has 0 aliphatic carbocycles. The smallest absolute Gasteiger partial charge is 0.270 e. The number of benzene rings is 2. The second-order valence-corrected chi connectivity index (χ2v) is 11.3. The topological polar surface area (TPSA) is 122 Å². The number of fused-ring (bicyclic) bond motifs is 2. The SMILES string of the molecule is CC1(C)c2ccccc2N(CC(=O)N2CCOCCOCCOCCOCCOCC2)C12C=Cc1cc([N+](=O)[O-])ccc1O2. The van der Waals surface area contributed by atoms with Crippen molar-refractivity contribution in [2.45, 2.75) is 25.0 Å². The van der Waals surface area contributed by atoms with Crippen LogP contribution in [0.3, 0.4) is 0 Å². The molecule has 12 heteroatoms. The summed E-state index contributed by atoms with van der Waals surface area (Å²) < 4.78 is 34.9. The van der Waals surface area contributed by atoms with Gasteiger partial charge in [0, 0.05) is 36.5 Å². The van der Waals surface area contributed by atoms with Crippen LogP contribution >= 0.6 is 0 Å². The summed E-state index contributed by atoms with van der Waals surface area (Å²) in [7, 11) is 0. The summed E-state index contributed by atoms with van der Waals surface area (Å²) in [5, 5.41) is 11.4. The van der Waals surface area contributed by atoms with Crippen molar-refractivity contribution in [1.82, 2.24) is 4.90 Å². The fourth-order valence-electron chi connectivity index (χ4n) is 5.84. The molecule has 3 aliphatic rings. The van der Waals surface area contributed by atoms with Crippen LogP contribution in [0.2, 0.25) is 0 Å². The van der Waals surface area contributed by atoms with Crippen molar-refractivity contribution in [2.24, 2.45) is 0 Å². The number of nitrogens with zero attached hydrogens (tertiary/aromatic N) is 3. The summed E-state index contributed by atoms with van der Waals surface area (Å²) in [4.78, 5) is 28.8. The van der Waals surface area contributed by atoms with E-state index in [0.717, 1.165) is 11.3 Å². The van der Waals surface area contributed by atoms with Crippen molar-refractivity contribution in [2.75, 3.05) is 90.6 Å². The van der Waals surface area contributed by atoms with Gasteiger partial charge in [-0.3, -0.25) is 14.9 Å². The molecule has 0 aromatic heterocycles. The number of hydrogen-bond acceptors (Lipinski definition) is 10. The third-order valence-corrected chi connectivity index (χ3v) is 8.27. The maximum Gasteiger partial charge on any atom is 0.270 e. The van der Waals surface area contributed by atoms with E-state index in [2.05, 4.69) is 19.9 Å². The summed E-state index contributed by atoms with van der Waals surface area (Å²) in [6.07, 6.45) is 3.77. The van der Waals surface area contributed by atoms with Crippen LogP contribution in [-0.4, -0.2) is 107 Å². The Morgan fingerprint density at radius 3 is 2.00 bits per heavy atom. The Morgan fingerprint density at radius 2 is 1.41 bits per heavy atom. The number of amides is 1. The molecule has 0 bridgehead atoms. The van der Waals surface area contributed by atoms with Crippen LogP contribution in [0.25, 0.3) is 6.08 Å². The van der Waals surface area contributed by atoms with Crippen molar-refractivity contribution >= 4 is 23.4 Å². The first-order chi connectivity index (χ1) is 21.3. The molecule has 0 N–H and O–H groups in total. The van der Waals surface area contributed by atoms with Crippen molar-refractivity contribution in [3.8, 4) is 5.75 Å². The van der Waals surface area contributed by atoms with Gasteiger partial charge < -0.3 is 38.2 Å². The average Bonchev–Trinajstić information content (AvgIpc) is 3.19. The second kappa shape index (κ2) is 14.5. The number of non-ortho nitro benzene ring substituents is 1. The van der Waals surface area contributed by atoms with Crippen molar-refractivity contribution < 1.29 is 38.1 Å². The highest BCUT2D eigenvalue weighted by molar-refractivity contribution is 5.85. The summed E-state index contributed by atoms with van der Waals surface area (Å²) in [6, 6.07) is 12.5. The normalized spacial score (nSPS) is 23.2. The number of anilines is 1. The Hall–Kier alpha value is -3.55. The van der Waals surface area contributed by atoms with Gasteiger partial charge in [-0.15, -0.1) is 0 Å². The predicted molar refractivity (Wildman–Crippen MR) is 163 cm³/mol. The summed E-state index contributed by atoms with van der Waals surface area (Å²) in [5.41, 5.74) is 0.935. The van der Waals surface area contributed by atoms with Gasteiger partial charge in [0.25, 0.3) is 5.69 Å². The third kappa shape index (κ3) is 6.89. The van der Waals surface area contributed by atoms with E-state index in [9.17, 15) is 14.9 Å². The van der Waals surface area contributed by atoms with Gasteiger partial charge in [-0.2, -0.15) is 0 Å². The van der Waals surface area contributed by atoms with Crippen molar-refractivity contribution in [1.29, 1.82) is 0 Å². The number of carbonyl (C=O) groups excluding carboxylic acids is 1. The number of hydrogen-bond donors (Lipinski definition) is 0. The minimum atomic E-state index is -1.04. The number of para-hydroxylation sites is 1. The summed E-state index contributed by atoms with van der Waals surface area (Å²) in [5.74, 6) is 0.417. The van der Waals surface area contributed by atoms with Crippen LogP contribution in [-0.2, 0) is 33.9 Å². The van der Waals surface area contributed by atoms with Gasteiger partial charge in [-0.25, -0.2) is 0 Å². The van der Waals surface area contributed by atoms with E-state index in [1.165, 1.54) is 12.1 Å². The van der Waals surface area contributed by atoms with E-state index in [1.807, 2.05) is 35.3 Å². The first-order valence-electron chi connectivity index (χ1n) is 15.0. The number of nitro benzene ring substituents is 1. The lowest BCUT2D eigenvalue weighted by atomic mass is 9.76. The molecular weight excluding hydrogens is 570 g/mol.